The van der Waals surface area contributed by atoms with Gasteiger partial charge in [-0.05, 0) is 24.6 Å². The Labute approximate surface area is 98.6 Å². The fourth-order valence-corrected chi connectivity index (χ4v) is 1.73. The second-order valence-corrected chi connectivity index (χ2v) is 3.92. The number of amides is 2. The molecule has 1 unspecified atom stereocenters. The fourth-order valence-electron chi connectivity index (χ4n) is 1.73. The molecule has 1 aromatic rings. The molecule has 0 bridgehead atoms. The van der Waals surface area contributed by atoms with Gasteiger partial charge < -0.3 is 9.84 Å². The highest BCUT2D eigenvalue weighted by atomic mass is 16.6. The first kappa shape index (κ1) is 11.4. The van der Waals surface area contributed by atoms with Crippen LogP contribution < -0.4 is 0 Å². The number of cyclic esters (lactones) is 1. The first-order valence-electron chi connectivity index (χ1n) is 5.36. The van der Waals surface area contributed by atoms with Crippen molar-refractivity contribution in [3.05, 3.63) is 29.8 Å². The molecule has 1 N–H and O–H groups in total. The molecule has 2 amide bonds. The molecule has 1 saturated heterocycles. The van der Waals surface area contributed by atoms with E-state index in [9.17, 15) is 9.59 Å². The number of phenols is 1. The van der Waals surface area contributed by atoms with E-state index in [-0.39, 0.29) is 18.3 Å². The van der Waals surface area contributed by atoms with Crippen LogP contribution >= 0.6 is 0 Å². The van der Waals surface area contributed by atoms with Crippen LogP contribution in [0.15, 0.2) is 24.3 Å². The van der Waals surface area contributed by atoms with E-state index in [4.69, 9.17) is 9.84 Å². The maximum absolute atomic E-state index is 12.0. The summed E-state index contributed by atoms with van der Waals surface area (Å²) in [5.74, 6) is -0.562. The molecule has 5 nitrogen and oxygen atoms in total. The first-order valence-corrected chi connectivity index (χ1v) is 5.36. The zero-order chi connectivity index (χ0) is 12.4. The fraction of sp³-hybridized carbons (Fsp3) is 0.333. The third-order valence-corrected chi connectivity index (χ3v) is 2.79. The average Bonchev–Trinajstić information content (AvgIpc) is 2.74. The molecular weight excluding hydrogens is 222 g/mol. The van der Waals surface area contributed by atoms with Gasteiger partial charge in [-0.15, -0.1) is 0 Å². The molecule has 2 rings (SSSR count). The van der Waals surface area contributed by atoms with Crippen LogP contribution in [0.2, 0.25) is 0 Å². The number of hydrogen-bond donors (Lipinski definition) is 1. The third-order valence-electron chi connectivity index (χ3n) is 2.79. The monoisotopic (exact) mass is 235 g/mol. The number of phenolic OH excluding ortho intramolecular Hbond substituents is 1. The predicted molar refractivity (Wildman–Crippen MR) is 59.6 cm³/mol. The quantitative estimate of drug-likeness (QED) is 0.843. The first-order chi connectivity index (χ1) is 8.09. The number of benzene rings is 1. The average molecular weight is 235 g/mol. The van der Waals surface area contributed by atoms with Crippen LogP contribution in [0.4, 0.5) is 4.79 Å². The van der Waals surface area contributed by atoms with E-state index in [1.54, 1.807) is 19.1 Å². The minimum absolute atomic E-state index is 0.147. The van der Waals surface area contributed by atoms with E-state index in [1.807, 2.05) is 0 Å². The van der Waals surface area contributed by atoms with E-state index in [1.165, 1.54) is 12.1 Å². The molecule has 0 spiro atoms. The lowest BCUT2D eigenvalue weighted by Crippen LogP contribution is -2.34. The molecule has 5 heteroatoms. The van der Waals surface area contributed by atoms with Crippen molar-refractivity contribution in [2.45, 2.75) is 12.8 Å². The normalized spacial score (nSPS) is 16.8. The lowest BCUT2D eigenvalue weighted by molar-refractivity contribution is -0.128. The van der Waals surface area contributed by atoms with Crippen LogP contribution in [-0.4, -0.2) is 35.2 Å². The van der Waals surface area contributed by atoms with Crippen molar-refractivity contribution in [2.75, 3.05) is 13.2 Å². The summed E-state index contributed by atoms with van der Waals surface area (Å²) < 4.78 is 4.72. The van der Waals surface area contributed by atoms with Gasteiger partial charge in [0.2, 0.25) is 5.91 Å². The number of hydrogen-bond acceptors (Lipinski definition) is 4. The van der Waals surface area contributed by atoms with E-state index in [2.05, 4.69) is 0 Å². The summed E-state index contributed by atoms with van der Waals surface area (Å²) in [6, 6.07) is 6.36. The van der Waals surface area contributed by atoms with E-state index >= 15 is 0 Å². The Balaban J connectivity index is 2.14. The highest BCUT2D eigenvalue weighted by Crippen LogP contribution is 2.21. The number of rotatable bonds is 2. The number of carbonyl (C=O) groups excluding carboxylic acids is 2. The van der Waals surface area contributed by atoms with Crippen molar-refractivity contribution in [1.82, 2.24) is 4.90 Å². The van der Waals surface area contributed by atoms with Crippen molar-refractivity contribution < 1.29 is 19.4 Å². The number of nitrogens with zero attached hydrogens (tertiary/aromatic N) is 1. The smallest absolute Gasteiger partial charge is 0.416 e. The molecule has 0 aromatic heterocycles. The molecule has 1 aliphatic rings. The molecule has 1 atom stereocenters. The van der Waals surface area contributed by atoms with Crippen LogP contribution in [0, 0.1) is 0 Å². The molecule has 0 aliphatic carbocycles. The van der Waals surface area contributed by atoms with Crippen LogP contribution in [0.1, 0.15) is 18.4 Å². The Morgan fingerprint density at radius 2 is 2.06 bits per heavy atom. The molecule has 1 fully saturated rings. The Kier molecular flexibility index (Phi) is 2.99. The highest BCUT2D eigenvalue weighted by Gasteiger charge is 2.31. The zero-order valence-electron chi connectivity index (χ0n) is 9.42. The van der Waals surface area contributed by atoms with Gasteiger partial charge in [-0.25, -0.2) is 9.69 Å². The van der Waals surface area contributed by atoms with Crippen molar-refractivity contribution in [1.29, 1.82) is 0 Å². The summed E-state index contributed by atoms with van der Waals surface area (Å²) >= 11 is 0. The van der Waals surface area contributed by atoms with Crippen LogP contribution in [-0.2, 0) is 9.53 Å². The van der Waals surface area contributed by atoms with Gasteiger partial charge in [0.15, 0.2) is 0 Å². The maximum atomic E-state index is 12.0. The third kappa shape index (κ3) is 2.22. The summed E-state index contributed by atoms with van der Waals surface area (Å²) in [5.41, 5.74) is 0.757. The van der Waals surface area contributed by atoms with Crippen LogP contribution in [0.3, 0.4) is 0 Å². The second-order valence-electron chi connectivity index (χ2n) is 3.92. The summed E-state index contributed by atoms with van der Waals surface area (Å²) in [6.07, 6.45) is -0.583. The van der Waals surface area contributed by atoms with Crippen molar-refractivity contribution in [3.8, 4) is 5.75 Å². The topological polar surface area (TPSA) is 66.8 Å². The Hall–Kier alpha value is -2.04. The maximum Gasteiger partial charge on any atom is 0.416 e. The number of imide groups is 1. The Morgan fingerprint density at radius 1 is 1.41 bits per heavy atom. The lowest BCUT2D eigenvalue weighted by atomic mass is 10.00. The van der Waals surface area contributed by atoms with Gasteiger partial charge >= 0.3 is 6.09 Å². The van der Waals surface area contributed by atoms with Gasteiger partial charge in [0, 0.05) is 0 Å². The molecule has 90 valence electrons. The van der Waals surface area contributed by atoms with Gasteiger partial charge in [0.05, 0.1) is 12.5 Å². The molecule has 1 aliphatic heterocycles. The number of carbonyl (C=O) groups is 2. The Bertz CT molecular complexity index is 440. The molecule has 1 aromatic carbocycles. The number of aromatic hydroxyl groups is 1. The summed E-state index contributed by atoms with van der Waals surface area (Å²) in [5, 5.41) is 9.16. The lowest BCUT2D eigenvalue weighted by Gasteiger charge is -2.16. The minimum Gasteiger partial charge on any atom is -0.508 e. The molecule has 0 radical (unpaired) electrons. The highest BCUT2D eigenvalue weighted by molar-refractivity contribution is 5.96. The van der Waals surface area contributed by atoms with E-state index < -0.39 is 12.0 Å². The van der Waals surface area contributed by atoms with Gasteiger partial charge in [0.25, 0.3) is 0 Å². The van der Waals surface area contributed by atoms with E-state index in [0.29, 0.717) is 6.54 Å². The van der Waals surface area contributed by atoms with Crippen LogP contribution in [0.5, 0.6) is 5.75 Å². The SMILES string of the molecule is CC(C(=O)N1CCOC1=O)c1ccc(O)cc1. The summed E-state index contributed by atoms with van der Waals surface area (Å²) in [7, 11) is 0. The molecule has 1 heterocycles. The van der Waals surface area contributed by atoms with Crippen molar-refractivity contribution in [2.24, 2.45) is 0 Å². The summed E-state index contributed by atoms with van der Waals surface area (Å²) in [6.45, 7) is 2.28. The second kappa shape index (κ2) is 4.45. The predicted octanol–water partition coefficient (Wildman–Crippen LogP) is 1.47. The molecule has 17 heavy (non-hydrogen) atoms. The standard InChI is InChI=1S/C12H13NO4/c1-8(9-2-4-10(14)5-3-9)11(15)13-6-7-17-12(13)16/h2-5,8,14H,6-7H2,1H3. The van der Waals surface area contributed by atoms with Crippen molar-refractivity contribution >= 4 is 12.0 Å². The van der Waals surface area contributed by atoms with Gasteiger partial charge in [0.1, 0.15) is 12.4 Å². The number of ether oxygens (including phenoxy) is 1. The largest absolute Gasteiger partial charge is 0.508 e. The van der Waals surface area contributed by atoms with Crippen molar-refractivity contribution in [3.63, 3.8) is 0 Å². The van der Waals surface area contributed by atoms with Gasteiger partial charge in [-0.1, -0.05) is 12.1 Å². The minimum atomic E-state index is -0.583. The molecular formula is C12H13NO4. The van der Waals surface area contributed by atoms with E-state index in [0.717, 1.165) is 10.5 Å². The molecule has 0 saturated carbocycles. The Morgan fingerprint density at radius 3 is 2.59 bits per heavy atom. The van der Waals surface area contributed by atoms with Gasteiger partial charge in [-0.3, -0.25) is 4.79 Å². The zero-order valence-corrected chi connectivity index (χ0v) is 9.42. The summed E-state index contributed by atoms with van der Waals surface area (Å²) in [4.78, 5) is 24.4. The van der Waals surface area contributed by atoms with Crippen LogP contribution in [0.25, 0.3) is 0 Å². The van der Waals surface area contributed by atoms with Gasteiger partial charge in [-0.2, -0.15) is 0 Å².